The highest BCUT2D eigenvalue weighted by Gasteiger charge is 2.08. The van der Waals surface area contributed by atoms with Crippen LogP contribution in [0.5, 0.6) is 5.75 Å². The summed E-state index contributed by atoms with van der Waals surface area (Å²) in [5.74, 6) is 1.35. The van der Waals surface area contributed by atoms with Crippen molar-refractivity contribution in [3.05, 3.63) is 65.7 Å². The number of likely N-dealkylation sites (N-methyl/N-ethyl adjacent to an activating group) is 1. The molecule has 0 saturated heterocycles. The summed E-state index contributed by atoms with van der Waals surface area (Å²) in [7, 11) is 3.42. The first-order valence-electron chi connectivity index (χ1n) is 9.51. The highest BCUT2D eigenvalue weighted by molar-refractivity contribution is 14.0. The van der Waals surface area contributed by atoms with Gasteiger partial charge in [0, 0.05) is 20.6 Å². The quantitative estimate of drug-likeness (QED) is 0.324. The predicted octanol–water partition coefficient (Wildman–Crippen LogP) is 3.59. The standard InChI is InChI=1S/C22H30N4O2.HI/c1-5-23-22(25-17(2)19-11-7-6-8-12-19)24-15-18-10-9-13-20(14-18)28-16-21(27)26(3)4;/h6-14,17H,5,15-16H2,1-4H3,(H2,23,24,25);1H. The molecule has 2 aromatic rings. The lowest BCUT2D eigenvalue weighted by Crippen LogP contribution is -2.38. The van der Waals surface area contributed by atoms with E-state index in [4.69, 9.17) is 4.74 Å². The van der Waals surface area contributed by atoms with Crippen molar-refractivity contribution in [3.63, 3.8) is 0 Å². The molecule has 0 aliphatic rings. The van der Waals surface area contributed by atoms with Crippen LogP contribution < -0.4 is 15.4 Å². The lowest BCUT2D eigenvalue weighted by atomic mass is 10.1. The van der Waals surface area contributed by atoms with E-state index in [-0.39, 0.29) is 42.5 Å². The van der Waals surface area contributed by atoms with Gasteiger partial charge in [0.25, 0.3) is 5.91 Å². The molecule has 0 saturated carbocycles. The number of amides is 1. The largest absolute Gasteiger partial charge is 0.484 e. The van der Waals surface area contributed by atoms with E-state index in [9.17, 15) is 4.79 Å². The van der Waals surface area contributed by atoms with E-state index in [2.05, 4.69) is 34.7 Å². The third kappa shape index (κ3) is 8.72. The van der Waals surface area contributed by atoms with E-state index in [0.29, 0.717) is 12.3 Å². The molecule has 0 aliphatic heterocycles. The summed E-state index contributed by atoms with van der Waals surface area (Å²) in [6.45, 7) is 5.47. The van der Waals surface area contributed by atoms with Gasteiger partial charge in [-0.25, -0.2) is 4.99 Å². The maximum atomic E-state index is 11.7. The molecule has 0 spiro atoms. The van der Waals surface area contributed by atoms with Gasteiger partial charge in [0.15, 0.2) is 12.6 Å². The first kappa shape index (κ1) is 24.7. The van der Waals surface area contributed by atoms with Gasteiger partial charge < -0.3 is 20.3 Å². The smallest absolute Gasteiger partial charge is 0.259 e. The number of aliphatic imine (C=N–C) groups is 1. The summed E-state index contributed by atoms with van der Waals surface area (Å²) >= 11 is 0. The molecule has 7 heteroatoms. The number of hydrogen-bond donors (Lipinski definition) is 2. The first-order valence-corrected chi connectivity index (χ1v) is 9.51. The molecule has 0 aromatic heterocycles. The number of halogens is 1. The van der Waals surface area contributed by atoms with Gasteiger partial charge in [0.05, 0.1) is 12.6 Å². The lowest BCUT2D eigenvalue weighted by Gasteiger charge is -2.18. The van der Waals surface area contributed by atoms with E-state index in [1.165, 1.54) is 10.5 Å². The molecule has 2 aromatic carbocycles. The number of ether oxygens (including phenoxy) is 1. The average Bonchev–Trinajstić information content (AvgIpc) is 2.71. The van der Waals surface area contributed by atoms with E-state index in [1.807, 2.05) is 49.4 Å². The molecule has 2 N–H and O–H groups in total. The summed E-state index contributed by atoms with van der Waals surface area (Å²) in [5, 5.41) is 6.71. The normalized spacial score (nSPS) is 11.8. The molecule has 29 heavy (non-hydrogen) atoms. The summed E-state index contributed by atoms with van der Waals surface area (Å²) in [4.78, 5) is 17.9. The Morgan fingerprint density at radius 2 is 1.86 bits per heavy atom. The van der Waals surface area contributed by atoms with Crippen molar-refractivity contribution in [2.75, 3.05) is 27.2 Å². The first-order chi connectivity index (χ1) is 13.5. The molecule has 0 heterocycles. The lowest BCUT2D eigenvalue weighted by molar-refractivity contribution is -0.130. The number of hydrogen-bond acceptors (Lipinski definition) is 3. The van der Waals surface area contributed by atoms with Crippen LogP contribution in [0.4, 0.5) is 0 Å². The monoisotopic (exact) mass is 510 g/mol. The zero-order chi connectivity index (χ0) is 20.4. The summed E-state index contributed by atoms with van der Waals surface area (Å²) in [6.07, 6.45) is 0. The van der Waals surface area contributed by atoms with Crippen molar-refractivity contribution < 1.29 is 9.53 Å². The molecule has 2 rings (SSSR count). The second-order valence-corrected chi connectivity index (χ2v) is 6.70. The van der Waals surface area contributed by atoms with E-state index in [0.717, 1.165) is 18.1 Å². The maximum absolute atomic E-state index is 11.7. The molecular weight excluding hydrogens is 479 g/mol. The second kappa shape index (κ2) is 13.0. The fourth-order valence-corrected chi connectivity index (χ4v) is 2.53. The summed E-state index contributed by atoms with van der Waals surface area (Å²) in [6, 6.07) is 18.1. The van der Waals surface area contributed by atoms with Crippen molar-refractivity contribution >= 4 is 35.8 Å². The van der Waals surface area contributed by atoms with Crippen LogP contribution in [0.25, 0.3) is 0 Å². The Kier molecular flexibility index (Phi) is 11.1. The van der Waals surface area contributed by atoms with Crippen LogP contribution in [-0.4, -0.2) is 44.0 Å². The molecule has 0 aliphatic carbocycles. The number of nitrogens with one attached hydrogen (secondary N) is 2. The minimum Gasteiger partial charge on any atom is -0.484 e. The molecule has 0 fully saturated rings. The highest BCUT2D eigenvalue weighted by atomic mass is 127. The van der Waals surface area contributed by atoms with Gasteiger partial charge in [-0.3, -0.25) is 4.79 Å². The molecule has 0 bridgehead atoms. The van der Waals surface area contributed by atoms with Gasteiger partial charge >= 0.3 is 0 Å². The van der Waals surface area contributed by atoms with E-state index < -0.39 is 0 Å². The molecule has 1 amide bonds. The molecule has 0 radical (unpaired) electrons. The molecule has 1 unspecified atom stereocenters. The fourth-order valence-electron chi connectivity index (χ4n) is 2.53. The Morgan fingerprint density at radius 3 is 2.52 bits per heavy atom. The van der Waals surface area contributed by atoms with Crippen LogP contribution in [0, 0.1) is 0 Å². The number of carbonyl (C=O) groups is 1. The number of guanidine groups is 1. The van der Waals surface area contributed by atoms with Crippen LogP contribution in [0.15, 0.2) is 59.6 Å². The van der Waals surface area contributed by atoms with Gasteiger partial charge in [0.1, 0.15) is 5.75 Å². The predicted molar refractivity (Wildman–Crippen MR) is 129 cm³/mol. The fraction of sp³-hybridized carbons (Fsp3) is 0.364. The van der Waals surface area contributed by atoms with Gasteiger partial charge in [-0.15, -0.1) is 24.0 Å². The van der Waals surface area contributed by atoms with Crippen molar-refractivity contribution in [2.24, 2.45) is 4.99 Å². The Bertz CT molecular complexity index is 781. The molecule has 6 nitrogen and oxygen atoms in total. The van der Waals surface area contributed by atoms with E-state index >= 15 is 0 Å². The molecule has 158 valence electrons. The molecular formula is C22H31IN4O2. The van der Waals surface area contributed by atoms with Crippen LogP contribution in [-0.2, 0) is 11.3 Å². The number of nitrogens with zero attached hydrogens (tertiary/aromatic N) is 2. The van der Waals surface area contributed by atoms with Gasteiger partial charge in [-0.1, -0.05) is 42.5 Å². The van der Waals surface area contributed by atoms with Gasteiger partial charge in [-0.05, 0) is 37.1 Å². The van der Waals surface area contributed by atoms with E-state index in [1.54, 1.807) is 14.1 Å². The Labute approximate surface area is 190 Å². The third-order valence-corrected chi connectivity index (χ3v) is 4.18. The maximum Gasteiger partial charge on any atom is 0.259 e. The Morgan fingerprint density at radius 1 is 1.14 bits per heavy atom. The van der Waals surface area contributed by atoms with Crippen molar-refractivity contribution in [1.82, 2.24) is 15.5 Å². The summed E-state index contributed by atoms with van der Waals surface area (Å²) < 4.78 is 5.58. The third-order valence-electron chi connectivity index (χ3n) is 4.18. The number of rotatable bonds is 8. The zero-order valence-electron chi connectivity index (χ0n) is 17.5. The average molecular weight is 510 g/mol. The van der Waals surface area contributed by atoms with Crippen molar-refractivity contribution in [3.8, 4) is 5.75 Å². The minimum absolute atomic E-state index is 0. The number of carbonyl (C=O) groups excluding carboxylic acids is 1. The topological polar surface area (TPSA) is 66.0 Å². The van der Waals surface area contributed by atoms with Gasteiger partial charge in [-0.2, -0.15) is 0 Å². The SMILES string of the molecule is CCNC(=NCc1cccc(OCC(=O)N(C)C)c1)NC(C)c1ccccc1.I. The summed E-state index contributed by atoms with van der Waals surface area (Å²) in [5.41, 5.74) is 2.22. The Balaban J connectivity index is 0.00000420. The van der Waals surface area contributed by atoms with Crippen LogP contribution >= 0.6 is 24.0 Å². The van der Waals surface area contributed by atoms with Gasteiger partial charge in [0.2, 0.25) is 0 Å². The van der Waals surface area contributed by atoms with Crippen LogP contribution in [0.2, 0.25) is 0 Å². The Hall–Kier alpha value is -2.29. The molecule has 1 atom stereocenters. The van der Waals surface area contributed by atoms with Crippen LogP contribution in [0.1, 0.15) is 31.0 Å². The zero-order valence-corrected chi connectivity index (χ0v) is 19.8. The number of benzene rings is 2. The van der Waals surface area contributed by atoms with Crippen LogP contribution in [0.3, 0.4) is 0 Å². The van der Waals surface area contributed by atoms with Crippen molar-refractivity contribution in [2.45, 2.75) is 26.4 Å². The minimum atomic E-state index is -0.0723. The van der Waals surface area contributed by atoms with Crippen molar-refractivity contribution in [1.29, 1.82) is 0 Å². The highest BCUT2D eigenvalue weighted by Crippen LogP contribution is 2.15. The second-order valence-electron chi connectivity index (χ2n) is 6.70.